The van der Waals surface area contributed by atoms with Crippen LogP contribution in [0.1, 0.15) is 91.0 Å². The number of amides is 2. The number of hydrogen-bond acceptors (Lipinski definition) is 3. The molecule has 5 nitrogen and oxygen atoms in total. The molecule has 1 aliphatic heterocycles. The third-order valence-electron chi connectivity index (χ3n) is 7.40. The number of nitrogens with zero attached hydrogens (tertiary/aromatic N) is 1. The molecular formula is C26H43N3O2. The number of urea groups is 1. The molecule has 1 atom stereocenters. The Morgan fingerprint density at radius 3 is 2.29 bits per heavy atom. The molecule has 3 rings (SSSR count). The molecule has 1 heterocycles. The summed E-state index contributed by atoms with van der Waals surface area (Å²) < 4.78 is 0. The highest BCUT2D eigenvalue weighted by Crippen LogP contribution is 2.43. The maximum absolute atomic E-state index is 12.7. The Bertz CT molecular complexity index is 681. The van der Waals surface area contributed by atoms with Gasteiger partial charge in [0.25, 0.3) is 0 Å². The van der Waals surface area contributed by atoms with E-state index in [0.29, 0.717) is 12.6 Å². The van der Waals surface area contributed by atoms with E-state index < -0.39 is 0 Å². The molecule has 0 radical (unpaired) electrons. The molecule has 1 saturated carbocycles. The fourth-order valence-electron chi connectivity index (χ4n) is 5.74. The van der Waals surface area contributed by atoms with Gasteiger partial charge in [0.05, 0.1) is 6.61 Å². The molecule has 2 fully saturated rings. The number of carbonyl (C=O) groups excluding carboxylic acids is 1. The average molecular weight is 430 g/mol. The number of hydroxylamine groups is 2. The lowest BCUT2D eigenvalue weighted by molar-refractivity contribution is -0.293. The minimum absolute atomic E-state index is 0.00671. The number of benzene rings is 1. The van der Waals surface area contributed by atoms with Gasteiger partial charge in [-0.05, 0) is 64.4 Å². The van der Waals surface area contributed by atoms with Gasteiger partial charge < -0.3 is 10.6 Å². The summed E-state index contributed by atoms with van der Waals surface area (Å²) in [7, 11) is 0. The third kappa shape index (κ3) is 6.23. The summed E-state index contributed by atoms with van der Waals surface area (Å²) in [4.78, 5) is 19.2. The highest BCUT2D eigenvalue weighted by molar-refractivity contribution is 5.74. The van der Waals surface area contributed by atoms with Crippen LogP contribution in [0.2, 0.25) is 0 Å². The molecular weight excluding hydrogens is 386 g/mol. The van der Waals surface area contributed by atoms with Gasteiger partial charge in [-0.25, -0.2) is 4.79 Å². The van der Waals surface area contributed by atoms with Crippen molar-refractivity contribution >= 4 is 6.03 Å². The van der Waals surface area contributed by atoms with Gasteiger partial charge in [0.15, 0.2) is 0 Å². The van der Waals surface area contributed by atoms with Crippen LogP contribution in [0.5, 0.6) is 0 Å². The van der Waals surface area contributed by atoms with E-state index in [2.05, 4.69) is 73.7 Å². The van der Waals surface area contributed by atoms with Gasteiger partial charge in [-0.1, -0.05) is 63.4 Å². The van der Waals surface area contributed by atoms with E-state index in [4.69, 9.17) is 4.84 Å². The molecule has 0 bridgehead atoms. The number of rotatable bonds is 8. The van der Waals surface area contributed by atoms with Crippen molar-refractivity contribution in [3.05, 3.63) is 35.9 Å². The Balaban J connectivity index is 1.62. The van der Waals surface area contributed by atoms with Gasteiger partial charge >= 0.3 is 6.03 Å². The summed E-state index contributed by atoms with van der Waals surface area (Å²) in [6.07, 6.45) is 10.7. The van der Waals surface area contributed by atoms with Gasteiger partial charge in [0.1, 0.15) is 0 Å². The predicted octanol–water partition coefficient (Wildman–Crippen LogP) is 5.59. The van der Waals surface area contributed by atoms with E-state index >= 15 is 0 Å². The summed E-state index contributed by atoms with van der Waals surface area (Å²) in [5.41, 5.74) is 1.08. The fraction of sp³-hybridized carbons (Fsp3) is 0.731. The monoisotopic (exact) mass is 429 g/mol. The van der Waals surface area contributed by atoms with Gasteiger partial charge in [-0.3, -0.25) is 4.84 Å². The first-order valence-electron chi connectivity index (χ1n) is 12.4. The summed E-state index contributed by atoms with van der Waals surface area (Å²) >= 11 is 0. The van der Waals surface area contributed by atoms with Gasteiger partial charge in [0, 0.05) is 23.2 Å². The SMILES string of the molecule is CCC1(CC)CC(NC(=O)NC2CCCCC2)CC(C)(C)N1OCCc1ccccc1. The van der Waals surface area contributed by atoms with Gasteiger partial charge in [0.2, 0.25) is 0 Å². The third-order valence-corrected chi connectivity index (χ3v) is 7.40. The summed E-state index contributed by atoms with van der Waals surface area (Å²) in [6.45, 7) is 9.68. The van der Waals surface area contributed by atoms with E-state index in [9.17, 15) is 4.79 Å². The van der Waals surface area contributed by atoms with Crippen molar-refractivity contribution in [1.29, 1.82) is 0 Å². The minimum Gasteiger partial charge on any atom is -0.335 e. The zero-order valence-electron chi connectivity index (χ0n) is 20.1. The molecule has 1 unspecified atom stereocenters. The molecule has 2 aliphatic rings. The lowest BCUT2D eigenvalue weighted by Gasteiger charge is -2.56. The summed E-state index contributed by atoms with van der Waals surface area (Å²) in [5, 5.41) is 8.82. The molecule has 1 saturated heterocycles. The zero-order valence-corrected chi connectivity index (χ0v) is 20.1. The van der Waals surface area contributed by atoms with E-state index in [0.717, 1.165) is 44.9 Å². The first kappa shape index (κ1) is 24.1. The van der Waals surface area contributed by atoms with E-state index in [1.165, 1.54) is 24.8 Å². The Kier molecular flexibility index (Phi) is 8.40. The van der Waals surface area contributed by atoms with Gasteiger partial charge in [-0.15, -0.1) is 0 Å². The van der Waals surface area contributed by atoms with Crippen molar-refractivity contribution in [2.24, 2.45) is 0 Å². The lowest BCUT2D eigenvalue weighted by atomic mass is 9.74. The maximum atomic E-state index is 12.7. The van der Waals surface area contributed by atoms with Crippen LogP contribution in [0.25, 0.3) is 0 Å². The highest BCUT2D eigenvalue weighted by Gasteiger charge is 2.50. The molecule has 174 valence electrons. The lowest BCUT2D eigenvalue weighted by Crippen LogP contribution is -2.66. The second-order valence-corrected chi connectivity index (χ2v) is 10.2. The second kappa shape index (κ2) is 10.8. The van der Waals surface area contributed by atoms with Crippen LogP contribution in [-0.4, -0.2) is 40.9 Å². The van der Waals surface area contributed by atoms with Crippen molar-refractivity contribution < 1.29 is 9.63 Å². The van der Waals surface area contributed by atoms with Crippen LogP contribution in [0.3, 0.4) is 0 Å². The molecule has 0 spiro atoms. The molecule has 2 N–H and O–H groups in total. The molecule has 2 amide bonds. The van der Waals surface area contributed by atoms with E-state index in [-0.39, 0.29) is 23.2 Å². The van der Waals surface area contributed by atoms with Crippen molar-refractivity contribution in [3.63, 3.8) is 0 Å². The topological polar surface area (TPSA) is 53.6 Å². The van der Waals surface area contributed by atoms with Crippen molar-refractivity contribution in [1.82, 2.24) is 15.7 Å². The Morgan fingerprint density at radius 2 is 1.65 bits per heavy atom. The summed E-state index contributed by atoms with van der Waals surface area (Å²) in [5.74, 6) is 0. The molecule has 5 heteroatoms. The van der Waals surface area contributed by atoms with Crippen LogP contribution >= 0.6 is 0 Å². The van der Waals surface area contributed by atoms with E-state index in [1.54, 1.807) is 0 Å². The second-order valence-electron chi connectivity index (χ2n) is 10.2. The van der Waals surface area contributed by atoms with E-state index in [1.807, 2.05) is 0 Å². The predicted molar refractivity (Wildman–Crippen MR) is 127 cm³/mol. The van der Waals surface area contributed by atoms with Crippen LogP contribution in [-0.2, 0) is 11.3 Å². The normalized spacial score (nSPS) is 23.9. The van der Waals surface area contributed by atoms with Crippen molar-refractivity contribution in [2.45, 2.75) is 115 Å². The number of carbonyl (C=O) groups is 1. The molecule has 1 aromatic rings. The van der Waals surface area contributed by atoms with Crippen LogP contribution in [0, 0.1) is 0 Å². The number of nitrogens with one attached hydrogen (secondary N) is 2. The zero-order chi connectivity index (χ0) is 22.3. The van der Waals surface area contributed by atoms with Crippen LogP contribution < -0.4 is 10.6 Å². The number of piperidine rings is 1. The Labute approximate surface area is 189 Å². The smallest absolute Gasteiger partial charge is 0.315 e. The largest absolute Gasteiger partial charge is 0.335 e. The minimum atomic E-state index is -0.149. The standard InChI is InChI=1S/C26H43N3O2/c1-5-26(6-2)20-23(28-24(30)27-22-15-11-8-12-16-22)19-25(3,4)29(26)31-18-17-21-13-9-7-10-14-21/h7,9-10,13-14,22-23H,5-6,8,11-12,15-20H2,1-4H3,(H2,27,28,30). The first-order valence-corrected chi connectivity index (χ1v) is 12.4. The molecule has 1 aliphatic carbocycles. The Hall–Kier alpha value is -1.59. The quantitative estimate of drug-likeness (QED) is 0.566. The molecule has 31 heavy (non-hydrogen) atoms. The van der Waals surface area contributed by atoms with Gasteiger partial charge in [-0.2, -0.15) is 5.06 Å². The summed E-state index contributed by atoms with van der Waals surface area (Å²) in [6, 6.07) is 11.0. The number of hydrogen-bond donors (Lipinski definition) is 2. The maximum Gasteiger partial charge on any atom is 0.315 e. The molecule has 1 aromatic carbocycles. The average Bonchev–Trinajstić information content (AvgIpc) is 2.76. The van der Waals surface area contributed by atoms with Crippen LogP contribution in [0.15, 0.2) is 30.3 Å². The van der Waals surface area contributed by atoms with Crippen molar-refractivity contribution in [3.8, 4) is 0 Å². The first-order chi connectivity index (χ1) is 14.9. The van der Waals surface area contributed by atoms with Crippen LogP contribution in [0.4, 0.5) is 4.79 Å². The Morgan fingerprint density at radius 1 is 1.00 bits per heavy atom. The molecule has 0 aromatic heterocycles. The van der Waals surface area contributed by atoms with Crippen molar-refractivity contribution in [2.75, 3.05) is 6.61 Å². The highest BCUT2D eigenvalue weighted by atomic mass is 16.7. The fourth-order valence-corrected chi connectivity index (χ4v) is 5.74.